The minimum Gasteiger partial charge on any atom is -0.410 e. The van der Waals surface area contributed by atoms with Gasteiger partial charge in [0.2, 0.25) is 0 Å². The smallest absolute Gasteiger partial charge is 0.410 e. The van der Waals surface area contributed by atoms with Crippen molar-refractivity contribution in [2.75, 3.05) is 18.1 Å². The minimum absolute atomic E-state index is 0.0920. The van der Waals surface area contributed by atoms with E-state index in [-0.39, 0.29) is 5.92 Å². The number of rotatable bonds is 1. The van der Waals surface area contributed by atoms with E-state index in [0.717, 1.165) is 0 Å². The molecule has 0 unspecified atom stereocenters. The molecule has 2 saturated heterocycles. The molecule has 3 heterocycles. The third-order valence-electron chi connectivity index (χ3n) is 4.74. The largest absolute Gasteiger partial charge is 0.415 e. The summed E-state index contributed by atoms with van der Waals surface area (Å²) in [6.45, 7) is 0.531. The lowest BCUT2D eigenvalue weighted by atomic mass is 9.85. The highest BCUT2D eigenvalue weighted by Gasteiger charge is 2.60. The molecular weight excluding hydrogens is 334 g/mol. The topological polar surface area (TPSA) is 63.7 Å². The Labute approximate surface area is 139 Å². The first kappa shape index (κ1) is 15.1. The van der Waals surface area contributed by atoms with E-state index >= 15 is 0 Å². The molecule has 0 aromatic heterocycles. The average Bonchev–Trinajstić information content (AvgIpc) is 2.85. The van der Waals surface area contributed by atoms with E-state index in [0.29, 0.717) is 30.2 Å². The Morgan fingerprint density at radius 3 is 2.48 bits per heavy atom. The van der Waals surface area contributed by atoms with Crippen LogP contribution >= 0.6 is 0 Å². The van der Waals surface area contributed by atoms with Crippen molar-refractivity contribution in [3.05, 3.63) is 42.5 Å². The highest BCUT2D eigenvalue weighted by molar-refractivity contribution is 8.07. The molecule has 5 rings (SSSR count). The molecule has 2 bridgehead atoms. The van der Waals surface area contributed by atoms with Gasteiger partial charge in [-0.05, 0) is 24.5 Å². The zero-order valence-electron chi connectivity index (χ0n) is 12.4. The first-order valence-corrected chi connectivity index (χ1v) is 10.2. The number of hydrogen-bond donors (Lipinski definition) is 0. The Kier molecular flexibility index (Phi) is 3.65. The fourth-order valence-electron chi connectivity index (χ4n) is 3.69. The summed E-state index contributed by atoms with van der Waals surface area (Å²) in [6, 6.07) is 8.48. The summed E-state index contributed by atoms with van der Waals surface area (Å²) in [5.74, 6) is 1.47. The molecule has 0 radical (unpaired) electrons. The molecule has 1 amide bonds. The van der Waals surface area contributed by atoms with Crippen LogP contribution in [0, 0.1) is 5.92 Å². The van der Waals surface area contributed by atoms with Crippen LogP contribution in [0.3, 0.4) is 0 Å². The lowest BCUT2D eigenvalue weighted by Gasteiger charge is -2.49. The number of benzene rings is 1. The number of nitrogens with zero attached hydrogens (tertiary/aromatic N) is 1. The van der Waals surface area contributed by atoms with Crippen LogP contribution in [0.15, 0.2) is 42.5 Å². The molecule has 0 N–H and O–H groups in total. The second-order valence-electron chi connectivity index (χ2n) is 6.04. The maximum atomic E-state index is 12.6. The van der Waals surface area contributed by atoms with Crippen LogP contribution in [0.25, 0.3) is 0 Å². The van der Waals surface area contributed by atoms with E-state index in [1.54, 1.807) is 29.2 Å². The molecule has 5 nitrogen and oxygen atoms in total. The van der Waals surface area contributed by atoms with Gasteiger partial charge in [-0.2, -0.15) is 0 Å². The summed E-state index contributed by atoms with van der Waals surface area (Å²) < 4.78 is 29.8. The molecule has 122 valence electrons. The normalized spacial score (nSPS) is 34.0. The maximum absolute atomic E-state index is 12.6. The van der Waals surface area contributed by atoms with E-state index in [1.807, 2.05) is 12.1 Å². The fraction of sp³-hybridized carbons (Fsp3) is 0.438. The molecule has 3 aliphatic heterocycles. The van der Waals surface area contributed by atoms with Gasteiger partial charge in [0.05, 0.1) is 6.04 Å². The van der Waals surface area contributed by atoms with Crippen molar-refractivity contribution in [1.29, 1.82) is 0 Å². The van der Waals surface area contributed by atoms with Crippen LogP contribution in [-0.2, 0) is 21.6 Å². The molecule has 1 aliphatic carbocycles. The minimum atomic E-state index is -1.18. The summed E-state index contributed by atoms with van der Waals surface area (Å²) in [7, 11) is -2.36. The van der Waals surface area contributed by atoms with Crippen molar-refractivity contribution in [1.82, 2.24) is 4.90 Å². The van der Waals surface area contributed by atoms with Crippen LogP contribution in [0.2, 0.25) is 0 Å². The number of carbonyl (C=O) groups is 1. The van der Waals surface area contributed by atoms with Crippen LogP contribution in [-0.4, -0.2) is 47.6 Å². The van der Waals surface area contributed by atoms with E-state index in [9.17, 15) is 13.2 Å². The van der Waals surface area contributed by atoms with Crippen molar-refractivity contribution in [3.8, 4) is 5.75 Å². The number of hydrogen-bond acceptors (Lipinski definition) is 4. The van der Waals surface area contributed by atoms with Crippen molar-refractivity contribution < 1.29 is 17.9 Å². The molecule has 1 spiro atoms. The first-order chi connectivity index (χ1) is 11.1. The van der Waals surface area contributed by atoms with Crippen molar-refractivity contribution in [2.24, 2.45) is 5.92 Å². The third kappa shape index (κ3) is 2.29. The van der Waals surface area contributed by atoms with Crippen molar-refractivity contribution >= 4 is 27.7 Å². The van der Waals surface area contributed by atoms with Gasteiger partial charge in [-0.15, -0.1) is 0 Å². The van der Waals surface area contributed by atoms with Gasteiger partial charge in [0.15, 0.2) is 0 Å². The van der Waals surface area contributed by atoms with Gasteiger partial charge >= 0.3 is 6.09 Å². The van der Waals surface area contributed by atoms with E-state index < -0.39 is 37.8 Å². The predicted molar refractivity (Wildman–Crippen MR) is 89.0 cm³/mol. The molecule has 1 aromatic rings. The standard InChI is InChI=1S/C16H17NO4S2/c18-15(21-13-4-2-1-3-5-13)17-11-12-6-7-14(17)16(10-12)22(19)8-9-23(16)20/h1-7,12,14H,8-11H2/t12-,14+,22-,23-/m1/s1. The number of carbonyl (C=O) groups excluding carboxylic acids is 1. The Morgan fingerprint density at radius 2 is 1.83 bits per heavy atom. The number of piperidine rings is 1. The Bertz CT molecular complexity index is 702. The number of fused-ring (bicyclic) bond motifs is 1. The third-order valence-corrected chi connectivity index (χ3v) is 9.62. The van der Waals surface area contributed by atoms with Crippen LogP contribution in [0.5, 0.6) is 5.75 Å². The highest BCUT2D eigenvalue weighted by atomic mass is 32.3. The predicted octanol–water partition coefficient (Wildman–Crippen LogP) is 1.65. The number of amides is 1. The summed E-state index contributed by atoms with van der Waals surface area (Å²) in [5.41, 5.74) is 0. The zero-order valence-corrected chi connectivity index (χ0v) is 14.1. The molecule has 4 aliphatic rings. The number of para-hydroxylation sites is 1. The zero-order chi connectivity index (χ0) is 16.0. The summed E-state index contributed by atoms with van der Waals surface area (Å²) in [5, 5.41) is 0. The van der Waals surface area contributed by atoms with E-state index in [1.165, 1.54) is 0 Å². The number of ether oxygens (including phenoxy) is 1. The van der Waals surface area contributed by atoms with Crippen molar-refractivity contribution in [3.63, 3.8) is 0 Å². The van der Waals surface area contributed by atoms with Crippen LogP contribution < -0.4 is 4.74 Å². The van der Waals surface area contributed by atoms with Gasteiger partial charge in [0.1, 0.15) is 9.83 Å². The molecule has 2 fully saturated rings. The van der Waals surface area contributed by atoms with Gasteiger partial charge in [0, 0.05) is 39.6 Å². The Hall–Kier alpha value is -1.47. The first-order valence-electron chi connectivity index (χ1n) is 7.60. The SMILES string of the molecule is O=C(Oc1ccccc1)N1C[C@@H]2C=C[C@H]1C1(C2)[S@](=O)CC[S@]1=O. The Morgan fingerprint density at radius 1 is 1.13 bits per heavy atom. The summed E-state index contributed by atoms with van der Waals surface area (Å²) in [6.07, 6.45) is 4.11. The molecule has 7 heteroatoms. The lowest BCUT2D eigenvalue weighted by molar-refractivity contribution is 0.105. The van der Waals surface area contributed by atoms with Gasteiger partial charge in [-0.25, -0.2) is 4.79 Å². The molecule has 23 heavy (non-hydrogen) atoms. The van der Waals surface area contributed by atoms with Crippen molar-refractivity contribution in [2.45, 2.75) is 16.5 Å². The van der Waals surface area contributed by atoms with Crippen LogP contribution in [0.1, 0.15) is 6.42 Å². The van der Waals surface area contributed by atoms with Gasteiger partial charge in [-0.1, -0.05) is 30.4 Å². The lowest BCUT2D eigenvalue weighted by Crippen LogP contribution is -2.64. The second kappa shape index (κ2) is 5.56. The average molecular weight is 351 g/mol. The summed E-state index contributed by atoms with van der Waals surface area (Å²) >= 11 is 0. The maximum Gasteiger partial charge on any atom is 0.415 e. The van der Waals surface area contributed by atoms with E-state index in [4.69, 9.17) is 4.74 Å². The van der Waals surface area contributed by atoms with Gasteiger partial charge in [0.25, 0.3) is 0 Å². The van der Waals surface area contributed by atoms with Gasteiger partial charge < -0.3 is 4.74 Å². The van der Waals surface area contributed by atoms with Gasteiger partial charge in [-0.3, -0.25) is 13.3 Å². The Balaban J connectivity index is 1.63. The van der Waals surface area contributed by atoms with E-state index in [2.05, 4.69) is 6.08 Å². The monoisotopic (exact) mass is 351 g/mol. The fourth-order valence-corrected chi connectivity index (χ4v) is 8.67. The highest BCUT2D eigenvalue weighted by Crippen LogP contribution is 2.46. The molecule has 0 saturated carbocycles. The quantitative estimate of drug-likeness (QED) is 0.722. The summed E-state index contributed by atoms with van der Waals surface area (Å²) in [4.78, 5) is 14.2. The molecule has 1 aromatic carbocycles. The second-order valence-corrected chi connectivity index (χ2v) is 9.95. The molecular formula is C16H17NO4S2. The molecule has 4 atom stereocenters. The van der Waals surface area contributed by atoms with Crippen LogP contribution in [0.4, 0.5) is 4.79 Å².